The molecule has 6 heteroatoms. The SMILES string of the molecule is COCC(C)C(=O)Nc1ccc(OCC(=O)O)cc1C. The Morgan fingerprint density at radius 3 is 2.65 bits per heavy atom. The molecule has 0 bridgehead atoms. The smallest absolute Gasteiger partial charge is 0.341 e. The molecule has 0 radical (unpaired) electrons. The van der Waals surface area contributed by atoms with Crippen molar-refractivity contribution < 1.29 is 24.2 Å². The van der Waals surface area contributed by atoms with Crippen LogP contribution in [0.5, 0.6) is 5.75 Å². The third-order valence-corrected chi connectivity index (χ3v) is 2.68. The molecule has 1 aromatic rings. The van der Waals surface area contributed by atoms with Gasteiger partial charge in [0.25, 0.3) is 0 Å². The highest BCUT2D eigenvalue weighted by Crippen LogP contribution is 2.22. The van der Waals surface area contributed by atoms with E-state index >= 15 is 0 Å². The number of aryl methyl sites for hydroxylation is 1. The highest BCUT2D eigenvalue weighted by molar-refractivity contribution is 5.93. The maximum atomic E-state index is 11.9. The number of amides is 1. The van der Waals surface area contributed by atoms with Crippen molar-refractivity contribution in [2.75, 3.05) is 25.6 Å². The van der Waals surface area contributed by atoms with Gasteiger partial charge in [0.2, 0.25) is 5.91 Å². The third kappa shape index (κ3) is 4.89. The first-order valence-electron chi connectivity index (χ1n) is 6.19. The monoisotopic (exact) mass is 281 g/mol. The summed E-state index contributed by atoms with van der Waals surface area (Å²) in [6, 6.07) is 4.98. The molecule has 0 aliphatic heterocycles. The maximum Gasteiger partial charge on any atom is 0.341 e. The lowest BCUT2D eigenvalue weighted by atomic mass is 10.1. The van der Waals surface area contributed by atoms with Crippen molar-refractivity contribution in [3.05, 3.63) is 23.8 Å². The van der Waals surface area contributed by atoms with Crippen LogP contribution in [0.15, 0.2) is 18.2 Å². The van der Waals surface area contributed by atoms with Gasteiger partial charge in [-0.05, 0) is 30.7 Å². The highest BCUT2D eigenvalue weighted by atomic mass is 16.5. The van der Waals surface area contributed by atoms with Gasteiger partial charge in [-0.2, -0.15) is 0 Å². The van der Waals surface area contributed by atoms with Gasteiger partial charge in [0.05, 0.1) is 12.5 Å². The summed E-state index contributed by atoms with van der Waals surface area (Å²) in [6.45, 7) is 3.55. The number of anilines is 1. The molecule has 0 aromatic heterocycles. The Bertz CT molecular complexity index is 486. The molecule has 0 aliphatic rings. The van der Waals surface area contributed by atoms with Crippen LogP contribution in [0.1, 0.15) is 12.5 Å². The first kappa shape index (κ1) is 16.0. The third-order valence-electron chi connectivity index (χ3n) is 2.68. The molecule has 1 unspecified atom stereocenters. The number of rotatable bonds is 7. The summed E-state index contributed by atoms with van der Waals surface area (Å²) in [5.41, 5.74) is 1.46. The van der Waals surface area contributed by atoms with Gasteiger partial charge in [-0.3, -0.25) is 4.79 Å². The van der Waals surface area contributed by atoms with Crippen LogP contribution in [0.25, 0.3) is 0 Å². The van der Waals surface area contributed by atoms with E-state index in [4.69, 9.17) is 14.6 Å². The number of carbonyl (C=O) groups excluding carboxylic acids is 1. The summed E-state index contributed by atoms with van der Waals surface area (Å²) < 4.78 is 9.99. The number of methoxy groups -OCH3 is 1. The van der Waals surface area contributed by atoms with E-state index in [0.717, 1.165) is 5.56 Å². The standard InChI is InChI=1S/C14H19NO5/c1-9-6-11(20-8-13(16)17)4-5-12(9)15-14(18)10(2)7-19-3/h4-6,10H,7-8H2,1-3H3,(H,15,18)(H,16,17). The minimum Gasteiger partial charge on any atom is -0.482 e. The van der Waals surface area contributed by atoms with E-state index in [9.17, 15) is 9.59 Å². The van der Waals surface area contributed by atoms with E-state index in [-0.39, 0.29) is 11.8 Å². The second kappa shape index (κ2) is 7.49. The largest absolute Gasteiger partial charge is 0.482 e. The van der Waals surface area contributed by atoms with Crippen LogP contribution >= 0.6 is 0 Å². The van der Waals surface area contributed by atoms with Crippen LogP contribution in [0.2, 0.25) is 0 Å². The molecule has 1 amide bonds. The maximum absolute atomic E-state index is 11.9. The molecule has 20 heavy (non-hydrogen) atoms. The van der Waals surface area contributed by atoms with Gasteiger partial charge < -0.3 is 19.9 Å². The molecule has 1 aromatic carbocycles. The van der Waals surface area contributed by atoms with Crippen molar-refractivity contribution in [1.29, 1.82) is 0 Å². The second-order valence-corrected chi connectivity index (χ2v) is 4.50. The molecule has 1 rings (SSSR count). The van der Waals surface area contributed by atoms with E-state index in [0.29, 0.717) is 18.0 Å². The number of carboxylic acid groups (broad SMARTS) is 1. The molecule has 2 N–H and O–H groups in total. The molecular formula is C14H19NO5. The molecule has 110 valence electrons. The molecule has 6 nitrogen and oxygen atoms in total. The highest BCUT2D eigenvalue weighted by Gasteiger charge is 2.13. The van der Waals surface area contributed by atoms with E-state index < -0.39 is 12.6 Å². The van der Waals surface area contributed by atoms with Gasteiger partial charge >= 0.3 is 5.97 Å². The number of carbonyl (C=O) groups is 2. The lowest BCUT2D eigenvalue weighted by Gasteiger charge is -2.14. The summed E-state index contributed by atoms with van der Waals surface area (Å²) in [4.78, 5) is 22.3. The normalized spacial score (nSPS) is 11.8. The predicted molar refractivity (Wildman–Crippen MR) is 74.0 cm³/mol. The number of aliphatic carboxylic acids is 1. The fourth-order valence-corrected chi connectivity index (χ4v) is 1.59. The van der Waals surface area contributed by atoms with Crippen molar-refractivity contribution in [3.63, 3.8) is 0 Å². The molecular weight excluding hydrogens is 262 g/mol. The first-order chi connectivity index (χ1) is 9.43. The zero-order valence-electron chi connectivity index (χ0n) is 11.8. The summed E-state index contributed by atoms with van der Waals surface area (Å²) in [6.07, 6.45) is 0. The predicted octanol–water partition coefficient (Wildman–Crippen LogP) is 1.68. The lowest BCUT2D eigenvalue weighted by Crippen LogP contribution is -2.24. The van der Waals surface area contributed by atoms with Crippen molar-refractivity contribution in [3.8, 4) is 5.75 Å². The van der Waals surface area contributed by atoms with E-state index in [2.05, 4.69) is 5.32 Å². The van der Waals surface area contributed by atoms with Crippen molar-refractivity contribution in [2.24, 2.45) is 5.92 Å². The number of benzene rings is 1. The molecule has 0 fully saturated rings. The van der Waals surface area contributed by atoms with Gasteiger partial charge in [-0.15, -0.1) is 0 Å². The quantitative estimate of drug-likeness (QED) is 0.794. The zero-order chi connectivity index (χ0) is 15.1. The van der Waals surface area contributed by atoms with Gasteiger partial charge in [0, 0.05) is 12.8 Å². The van der Waals surface area contributed by atoms with E-state index in [1.54, 1.807) is 32.2 Å². The topological polar surface area (TPSA) is 84.9 Å². The molecule has 0 aliphatic carbocycles. The second-order valence-electron chi connectivity index (χ2n) is 4.50. The fraction of sp³-hybridized carbons (Fsp3) is 0.429. The number of nitrogens with one attached hydrogen (secondary N) is 1. The number of carboxylic acids is 1. The Hall–Kier alpha value is -2.08. The average molecular weight is 281 g/mol. The van der Waals surface area contributed by atoms with Gasteiger partial charge in [0.15, 0.2) is 6.61 Å². The number of hydrogen-bond donors (Lipinski definition) is 2. The molecule has 0 heterocycles. The minimum atomic E-state index is -1.03. The van der Waals surface area contributed by atoms with Crippen molar-refractivity contribution >= 4 is 17.6 Å². The summed E-state index contributed by atoms with van der Waals surface area (Å²) in [5, 5.41) is 11.3. The van der Waals surface area contributed by atoms with Gasteiger partial charge in [-0.1, -0.05) is 6.92 Å². The van der Waals surface area contributed by atoms with E-state index in [1.165, 1.54) is 0 Å². The first-order valence-corrected chi connectivity index (χ1v) is 6.19. The van der Waals surface area contributed by atoms with Crippen molar-refractivity contribution in [1.82, 2.24) is 0 Å². The molecule has 0 saturated carbocycles. The Kier molecular flexibility index (Phi) is 5.99. The Labute approximate surface area is 117 Å². The van der Waals surface area contributed by atoms with Crippen LogP contribution in [0.3, 0.4) is 0 Å². The van der Waals surface area contributed by atoms with Crippen LogP contribution < -0.4 is 10.1 Å². The Balaban J connectivity index is 2.68. The number of hydrogen-bond acceptors (Lipinski definition) is 4. The van der Waals surface area contributed by atoms with Crippen LogP contribution in [0, 0.1) is 12.8 Å². The van der Waals surface area contributed by atoms with Crippen LogP contribution in [0.4, 0.5) is 5.69 Å². The minimum absolute atomic E-state index is 0.130. The van der Waals surface area contributed by atoms with Crippen LogP contribution in [-0.4, -0.2) is 37.3 Å². The average Bonchev–Trinajstić information content (AvgIpc) is 2.39. The fourth-order valence-electron chi connectivity index (χ4n) is 1.59. The zero-order valence-corrected chi connectivity index (χ0v) is 11.8. The Morgan fingerprint density at radius 2 is 2.10 bits per heavy atom. The summed E-state index contributed by atoms with van der Waals surface area (Å²) >= 11 is 0. The van der Waals surface area contributed by atoms with Gasteiger partial charge in [-0.25, -0.2) is 4.79 Å². The summed E-state index contributed by atoms with van der Waals surface area (Å²) in [5.74, 6) is -0.960. The van der Waals surface area contributed by atoms with E-state index in [1.807, 2.05) is 6.92 Å². The van der Waals surface area contributed by atoms with Gasteiger partial charge in [0.1, 0.15) is 5.75 Å². The summed E-state index contributed by atoms with van der Waals surface area (Å²) in [7, 11) is 1.55. The Morgan fingerprint density at radius 1 is 1.40 bits per heavy atom. The molecule has 0 spiro atoms. The van der Waals surface area contributed by atoms with Crippen molar-refractivity contribution in [2.45, 2.75) is 13.8 Å². The number of ether oxygens (including phenoxy) is 2. The molecule has 1 atom stereocenters. The van der Waals surface area contributed by atoms with Crippen LogP contribution in [-0.2, 0) is 14.3 Å². The lowest BCUT2D eigenvalue weighted by molar-refractivity contribution is -0.139. The molecule has 0 saturated heterocycles.